The number of aryl methyl sites for hydroxylation is 3. The Morgan fingerprint density at radius 2 is 1.82 bits per heavy atom. The first kappa shape index (κ1) is 16.0. The van der Waals surface area contributed by atoms with E-state index < -0.39 is 0 Å². The highest BCUT2D eigenvalue weighted by Crippen LogP contribution is 2.11. The van der Waals surface area contributed by atoms with Crippen LogP contribution in [0.5, 0.6) is 0 Å². The van der Waals surface area contributed by atoms with Crippen LogP contribution in [0.25, 0.3) is 6.08 Å². The Kier molecular flexibility index (Phi) is 5.96. The molecule has 0 saturated carbocycles. The summed E-state index contributed by atoms with van der Waals surface area (Å²) in [6.45, 7) is 4.59. The van der Waals surface area contributed by atoms with Crippen LogP contribution in [-0.2, 0) is 16.0 Å². The van der Waals surface area contributed by atoms with Crippen molar-refractivity contribution >= 4 is 12.0 Å². The molecule has 0 aromatic heterocycles. The molecule has 2 nitrogen and oxygen atoms in total. The highest BCUT2D eigenvalue weighted by Gasteiger charge is 1.99. The quantitative estimate of drug-likeness (QED) is 0.445. The molecule has 0 unspecified atom stereocenters. The maximum Gasteiger partial charge on any atom is 0.330 e. The standard InChI is InChI=1S/C20H22O2/c1-16-10-11-19(15-17(16)2)12-13-20(21)22-14-6-9-18-7-4-3-5-8-18/h3-5,7-8,10-13,15H,6,9,14H2,1-2H3/b13-12+. The predicted octanol–water partition coefficient (Wildman–Crippen LogP) is 4.49. The molecular weight excluding hydrogens is 272 g/mol. The average molecular weight is 294 g/mol. The lowest BCUT2D eigenvalue weighted by atomic mass is 10.1. The van der Waals surface area contributed by atoms with Gasteiger partial charge in [-0.15, -0.1) is 0 Å². The molecule has 2 aromatic carbocycles. The van der Waals surface area contributed by atoms with Crippen LogP contribution in [0.1, 0.15) is 28.7 Å². The van der Waals surface area contributed by atoms with Crippen LogP contribution < -0.4 is 0 Å². The molecule has 0 fully saturated rings. The van der Waals surface area contributed by atoms with E-state index in [1.54, 1.807) is 6.08 Å². The molecule has 22 heavy (non-hydrogen) atoms. The molecule has 0 aliphatic heterocycles. The molecule has 0 radical (unpaired) electrons. The van der Waals surface area contributed by atoms with Crippen molar-refractivity contribution in [1.29, 1.82) is 0 Å². The summed E-state index contributed by atoms with van der Waals surface area (Å²) in [4.78, 5) is 11.7. The van der Waals surface area contributed by atoms with E-state index in [4.69, 9.17) is 4.74 Å². The van der Waals surface area contributed by atoms with E-state index in [1.807, 2.05) is 24.3 Å². The van der Waals surface area contributed by atoms with E-state index in [-0.39, 0.29) is 5.97 Å². The van der Waals surface area contributed by atoms with Gasteiger partial charge in [0.15, 0.2) is 0 Å². The Labute approximate surface area is 132 Å². The van der Waals surface area contributed by atoms with Crippen LogP contribution >= 0.6 is 0 Å². The summed E-state index contributed by atoms with van der Waals surface area (Å²) in [6.07, 6.45) is 5.06. The summed E-state index contributed by atoms with van der Waals surface area (Å²) < 4.78 is 5.21. The van der Waals surface area contributed by atoms with E-state index in [2.05, 4.69) is 38.1 Å². The van der Waals surface area contributed by atoms with Gasteiger partial charge in [0.1, 0.15) is 0 Å². The number of ether oxygens (including phenoxy) is 1. The Bertz CT molecular complexity index is 642. The lowest BCUT2D eigenvalue weighted by Crippen LogP contribution is -2.03. The van der Waals surface area contributed by atoms with Gasteiger partial charge in [0, 0.05) is 6.08 Å². The second-order valence-electron chi connectivity index (χ2n) is 5.43. The van der Waals surface area contributed by atoms with Gasteiger partial charge in [0.2, 0.25) is 0 Å². The van der Waals surface area contributed by atoms with Crippen molar-refractivity contribution in [2.24, 2.45) is 0 Å². The molecule has 0 aliphatic carbocycles. The number of carbonyl (C=O) groups is 1. The first-order valence-corrected chi connectivity index (χ1v) is 7.61. The van der Waals surface area contributed by atoms with E-state index in [0.29, 0.717) is 6.61 Å². The van der Waals surface area contributed by atoms with Gasteiger partial charge in [-0.25, -0.2) is 4.79 Å². The fourth-order valence-corrected chi connectivity index (χ4v) is 2.17. The van der Waals surface area contributed by atoms with Crippen LogP contribution in [0.15, 0.2) is 54.6 Å². The average Bonchev–Trinajstić information content (AvgIpc) is 2.54. The Morgan fingerprint density at radius 3 is 2.55 bits per heavy atom. The third-order valence-corrected chi connectivity index (χ3v) is 3.64. The van der Waals surface area contributed by atoms with Crippen molar-refractivity contribution in [2.75, 3.05) is 6.61 Å². The smallest absolute Gasteiger partial charge is 0.330 e. The molecule has 2 heteroatoms. The molecule has 0 saturated heterocycles. The second kappa shape index (κ2) is 8.18. The highest BCUT2D eigenvalue weighted by atomic mass is 16.5. The largest absolute Gasteiger partial charge is 0.463 e. The van der Waals surface area contributed by atoms with Gasteiger partial charge < -0.3 is 4.74 Å². The van der Waals surface area contributed by atoms with E-state index in [9.17, 15) is 4.79 Å². The lowest BCUT2D eigenvalue weighted by Gasteiger charge is -2.03. The zero-order valence-corrected chi connectivity index (χ0v) is 13.2. The van der Waals surface area contributed by atoms with Crippen LogP contribution in [0.4, 0.5) is 0 Å². The third-order valence-electron chi connectivity index (χ3n) is 3.64. The van der Waals surface area contributed by atoms with Gasteiger partial charge in [-0.3, -0.25) is 0 Å². The Hall–Kier alpha value is -2.35. The molecule has 0 aliphatic rings. The molecule has 2 rings (SSSR count). The minimum atomic E-state index is -0.286. The van der Waals surface area contributed by atoms with Crippen LogP contribution in [0.3, 0.4) is 0 Å². The van der Waals surface area contributed by atoms with Gasteiger partial charge in [-0.1, -0.05) is 48.5 Å². The molecule has 0 amide bonds. The fourth-order valence-electron chi connectivity index (χ4n) is 2.17. The lowest BCUT2D eigenvalue weighted by molar-refractivity contribution is -0.137. The topological polar surface area (TPSA) is 26.3 Å². The number of rotatable bonds is 6. The molecule has 114 valence electrons. The summed E-state index contributed by atoms with van der Waals surface area (Å²) in [5.41, 5.74) is 4.76. The predicted molar refractivity (Wildman–Crippen MR) is 90.7 cm³/mol. The highest BCUT2D eigenvalue weighted by molar-refractivity contribution is 5.87. The molecule has 0 spiro atoms. The van der Waals surface area contributed by atoms with Gasteiger partial charge in [0.25, 0.3) is 0 Å². The monoisotopic (exact) mass is 294 g/mol. The molecule has 0 heterocycles. The summed E-state index contributed by atoms with van der Waals surface area (Å²) in [7, 11) is 0. The summed E-state index contributed by atoms with van der Waals surface area (Å²) in [5.74, 6) is -0.286. The maximum absolute atomic E-state index is 11.7. The van der Waals surface area contributed by atoms with Crippen LogP contribution in [0, 0.1) is 13.8 Å². The zero-order chi connectivity index (χ0) is 15.8. The fraction of sp³-hybridized carbons (Fsp3) is 0.250. The summed E-state index contributed by atoms with van der Waals surface area (Å²) in [6, 6.07) is 16.3. The number of hydrogen-bond acceptors (Lipinski definition) is 2. The number of carbonyl (C=O) groups excluding carboxylic acids is 1. The molecule has 2 aromatic rings. The van der Waals surface area contributed by atoms with Crippen molar-refractivity contribution in [3.05, 3.63) is 76.9 Å². The zero-order valence-electron chi connectivity index (χ0n) is 13.2. The summed E-state index contributed by atoms with van der Waals surface area (Å²) in [5, 5.41) is 0. The van der Waals surface area contributed by atoms with Crippen molar-refractivity contribution in [2.45, 2.75) is 26.7 Å². The van der Waals surface area contributed by atoms with Crippen molar-refractivity contribution in [1.82, 2.24) is 0 Å². The number of benzene rings is 2. The minimum absolute atomic E-state index is 0.286. The molecule has 0 atom stereocenters. The SMILES string of the molecule is Cc1ccc(/C=C/C(=O)OCCCc2ccccc2)cc1C. The molecular formula is C20H22O2. The Balaban J connectivity index is 1.73. The second-order valence-corrected chi connectivity index (χ2v) is 5.43. The van der Waals surface area contributed by atoms with Crippen LogP contribution in [-0.4, -0.2) is 12.6 Å². The Morgan fingerprint density at radius 1 is 1.05 bits per heavy atom. The number of hydrogen-bond donors (Lipinski definition) is 0. The van der Waals surface area contributed by atoms with Gasteiger partial charge in [-0.05, 0) is 55.0 Å². The van der Waals surface area contributed by atoms with Crippen molar-refractivity contribution < 1.29 is 9.53 Å². The normalized spacial score (nSPS) is 10.8. The van der Waals surface area contributed by atoms with Gasteiger partial charge in [-0.2, -0.15) is 0 Å². The van der Waals surface area contributed by atoms with Crippen molar-refractivity contribution in [3.63, 3.8) is 0 Å². The first-order chi connectivity index (χ1) is 10.6. The van der Waals surface area contributed by atoms with Gasteiger partial charge >= 0.3 is 5.97 Å². The van der Waals surface area contributed by atoms with Crippen LogP contribution in [0.2, 0.25) is 0 Å². The van der Waals surface area contributed by atoms with Crippen molar-refractivity contribution in [3.8, 4) is 0 Å². The maximum atomic E-state index is 11.7. The van der Waals surface area contributed by atoms with Gasteiger partial charge in [0.05, 0.1) is 6.61 Å². The van der Waals surface area contributed by atoms with E-state index in [0.717, 1.165) is 18.4 Å². The van der Waals surface area contributed by atoms with E-state index >= 15 is 0 Å². The first-order valence-electron chi connectivity index (χ1n) is 7.61. The third kappa shape index (κ3) is 5.21. The molecule has 0 bridgehead atoms. The summed E-state index contributed by atoms with van der Waals surface area (Å²) >= 11 is 0. The molecule has 0 N–H and O–H groups in total. The number of esters is 1. The van der Waals surface area contributed by atoms with E-state index in [1.165, 1.54) is 22.8 Å². The minimum Gasteiger partial charge on any atom is -0.463 e.